The third kappa shape index (κ3) is 6.94. The second-order valence-electron chi connectivity index (χ2n) is 4.96. The molecule has 0 amide bonds. The summed E-state index contributed by atoms with van der Waals surface area (Å²) in [5.41, 5.74) is 0. The molecule has 0 aliphatic heterocycles. The van der Waals surface area contributed by atoms with Gasteiger partial charge in [-0.25, -0.2) is 13.1 Å². The van der Waals surface area contributed by atoms with Crippen LogP contribution in [0.5, 0.6) is 0 Å². The molecular weight excluding hydrogens is 347 g/mol. The third-order valence-electron chi connectivity index (χ3n) is 3.31. The average Bonchev–Trinajstić information content (AvgIpc) is 2.27. The second kappa shape index (κ2) is 7.26. The molecule has 1 rings (SSSR count). The van der Waals surface area contributed by atoms with Crippen molar-refractivity contribution >= 4 is 26.0 Å². The standard InChI is InChI=1S/C11H19BrF3NO2S/c12-8-9-4-1-2-5-10(9)16-19(17,18)7-3-6-11(13,14)15/h9-10,16H,1-8H2. The summed E-state index contributed by atoms with van der Waals surface area (Å²) in [7, 11) is -3.62. The fourth-order valence-electron chi connectivity index (χ4n) is 2.30. The number of hydrogen-bond acceptors (Lipinski definition) is 2. The van der Waals surface area contributed by atoms with Gasteiger partial charge < -0.3 is 0 Å². The number of hydrogen-bond donors (Lipinski definition) is 1. The smallest absolute Gasteiger partial charge is 0.212 e. The number of halogens is 4. The molecule has 1 saturated carbocycles. The first-order valence-electron chi connectivity index (χ1n) is 6.36. The molecule has 1 aliphatic carbocycles. The lowest BCUT2D eigenvalue weighted by molar-refractivity contribution is -0.134. The predicted octanol–water partition coefficient (Wildman–Crippen LogP) is 3.20. The quantitative estimate of drug-likeness (QED) is 0.734. The summed E-state index contributed by atoms with van der Waals surface area (Å²) in [6.45, 7) is 0. The van der Waals surface area contributed by atoms with Gasteiger partial charge in [-0.1, -0.05) is 28.8 Å². The molecule has 0 aromatic rings. The maximum absolute atomic E-state index is 12.0. The van der Waals surface area contributed by atoms with Gasteiger partial charge in [0.25, 0.3) is 0 Å². The lowest BCUT2D eigenvalue weighted by Gasteiger charge is -2.30. The largest absolute Gasteiger partial charge is 0.389 e. The summed E-state index contributed by atoms with van der Waals surface area (Å²) < 4.78 is 62.0. The van der Waals surface area contributed by atoms with Crippen LogP contribution in [0.4, 0.5) is 13.2 Å². The van der Waals surface area contributed by atoms with E-state index in [4.69, 9.17) is 0 Å². The number of nitrogens with one attached hydrogen (secondary N) is 1. The highest BCUT2D eigenvalue weighted by Crippen LogP contribution is 2.27. The zero-order valence-electron chi connectivity index (χ0n) is 10.5. The Hall–Kier alpha value is 0.180. The Labute approximate surface area is 120 Å². The summed E-state index contributed by atoms with van der Waals surface area (Å²) in [5.74, 6) is -0.232. The van der Waals surface area contributed by atoms with E-state index in [0.717, 1.165) is 25.7 Å². The summed E-state index contributed by atoms with van der Waals surface area (Å²) in [5, 5.41) is 0.711. The minimum Gasteiger partial charge on any atom is -0.212 e. The topological polar surface area (TPSA) is 46.2 Å². The molecule has 0 bridgehead atoms. The molecule has 0 aromatic carbocycles. The zero-order valence-corrected chi connectivity index (χ0v) is 13.0. The fourth-order valence-corrected chi connectivity index (χ4v) is 4.49. The lowest BCUT2D eigenvalue weighted by Crippen LogP contribution is -2.43. The molecule has 2 unspecified atom stereocenters. The first-order chi connectivity index (χ1) is 8.73. The molecule has 19 heavy (non-hydrogen) atoms. The van der Waals surface area contributed by atoms with Crippen molar-refractivity contribution in [3.8, 4) is 0 Å². The fraction of sp³-hybridized carbons (Fsp3) is 1.00. The molecule has 1 fully saturated rings. The van der Waals surface area contributed by atoms with Crippen molar-refractivity contribution in [1.82, 2.24) is 4.72 Å². The first kappa shape index (κ1) is 17.2. The maximum atomic E-state index is 12.0. The molecule has 0 heterocycles. The lowest BCUT2D eigenvalue weighted by atomic mass is 9.87. The van der Waals surface area contributed by atoms with Crippen LogP contribution in [0, 0.1) is 5.92 Å². The minimum absolute atomic E-state index is 0.149. The van der Waals surface area contributed by atoms with E-state index in [2.05, 4.69) is 20.7 Å². The van der Waals surface area contributed by atoms with Gasteiger partial charge >= 0.3 is 6.18 Å². The predicted molar refractivity (Wildman–Crippen MR) is 71.8 cm³/mol. The SMILES string of the molecule is O=S(=O)(CCCC(F)(F)F)NC1CCCCC1CBr. The van der Waals surface area contributed by atoms with Gasteiger partial charge in [-0.2, -0.15) is 13.2 Å². The van der Waals surface area contributed by atoms with Crippen molar-refractivity contribution in [3.05, 3.63) is 0 Å². The Morgan fingerprint density at radius 2 is 1.84 bits per heavy atom. The molecule has 2 atom stereocenters. The maximum Gasteiger partial charge on any atom is 0.389 e. The highest BCUT2D eigenvalue weighted by Gasteiger charge is 2.30. The molecule has 0 saturated heterocycles. The highest BCUT2D eigenvalue weighted by molar-refractivity contribution is 9.09. The van der Waals surface area contributed by atoms with Crippen LogP contribution in [-0.2, 0) is 10.0 Å². The van der Waals surface area contributed by atoms with E-state index < -0.39 is 28.4 Å². The van der Waals surface area contributed by atoms with Crippen LogP contribution in [0.1, 0.15) is 38.5 Å². The van der Waals surface area contributed by atoms with Crippen molar-refractivity contribution in [2.75, 3.05) is 11.1 Å². The van der Waals surface area contributed by atoms with E-state index in [1.165, 1.54) is 0 Å². The van der Waals surface area contributed by atoms with Crippen LogP contribution in [0.3, 0.4) is 0 Å². The minimum atomic E-state index is -4.29. The van der Waals surface area contributed by atoms with Gasteiger partial charge in [0.05, 0.1) is 5.75 Å². The van der Waals surface area contributed by atoms with Crippen molar-refractivity contribution in [1.29, 1.82) is 0 Å². The normalized spacial score (nSPS) is 25.5. The van der Waals surface area contributed by atoms with E-state index in [1.54, 1.807) is 0 Å². The van der Waals surface area contributed by atoms with E-state index in [9.17, 15) is 21.6 Å². The van der Waals surface area contributed by atoms with Crippen LogP contribution in [0.15, 0.2) is 0 Å². The molecule has 0 radical (unpaired) electrons. The Morgan fingerprint density at radius 1 is 1.21 bits per heavy atom. The summed E-state index contributed by atoms with van der Waals surface area (Å²) in [6.07, 6.45) is -2.00. The van der Waals surface area contributed by atoms with Crippen molar-refractivity contribution in [3.63, 3.8) is 0 Å². The summed E-state index contributed by atoms with van der Waals surface area (Å²) in [6, 6.07) is -0.149. The van der Waals surface area contributed by atoms with Crippen LogP contribution in [0.2, 0.25) is 0 Å². The Balaban J connectivity index is 2.44. The van der Waals surface area contributed by atoms with E-state index in [0.29, 0.717) is 5.33 Å². The number of sulfonamides is 1. The first-order valence-corrected chi connectivity index (χ1v) is 9.13. The molecule has 8 heteroatoms. The second-order valence-corrected chi connectivity index (χ2v) is 7.48. The van der Waals surface area contributed by atoms with Gasteiger partial charge in [0.15, 0.2) is 0 Å². The van der Waals surface area contributed by atoms with Crippen molar-refractivity contribution < 1.29 is 21.6 Å². The van der Waals surface area contributed by atoms with Crippen LogP contribution in [0.25, 0.3) is 0 Å². The van der Waals surface area contributed by atoms with E-state index in [-0.39, 0.29) is 18.4 Å². The highest BCUT2D eigenvalue weighted by atomic mass is 79.9. The zero-order chi connectivity index (χ0) is 14.5. The van der Waals surface area contributed by atoms with Gasteiger partial charge in [0.1, 0.15) is 0 Å². The van der Waals surface area contributed by atoms with Crippen molar-refractivity contribution in [2.24, 2.45) is 5.92 Å². The number of alkyl halides is 4. The number of rotatable bonds is 6. The van der Waals surface area contributed by atoms with Crippen LogP contribution < -0.4 is 4.72 Å². The molecule has 114 valence electrons. The Kier molecular flexibility index (Phi) is 6.59. The van der Waals surface area contributed by atoms with Crippen LogP contribution in [-0.4, -0.2) is 31.7 Å². The summed E-state index contributed by atoms with van der Waals surface area (Å²) in [4.78, 5) is 0. The Bertz CT molecular complexity index is 373. The van der Waals surface area contributed by atoms with Gasteiger partial charge in [0, 0.05) is 17.8 Å². The molecule has 0 aromatic heterocycles. The van der Waals surface area contributed by atoms with E-state index in [1.807, 2.05) is 0 Å². The van der Waals surface area contributed by atoms with Crippen LogP contribution >= 0.6 is 15.9 Å². The monoisotopic (exact) mass is 365 g/mol. The average molecular weight is 366 g/mol. The molecule has 1 aliphatic rings. The molecule has 3 nitrogen and oxygen atoms in total. The Morgan fingerprint density at radius 3 is 2.42 bits per heavy atom. The van der Waals surface area contributed by atoms with Gasteiger partial charge in [-0.3, -0.25) is 0 Å². The van der Waals surface area contributed by atoms with Crippen molar-refractivity contribution in [2.45, 2.75) is 50.7 Å². The molecular formula is C11H19BrF3NO2S. The van der Waals surface area contributed by atoms with Gasteiger partial charge in [0.2, 0.25) is 10.0 Å². The third-order valence-corrected chi connectivity index (χ3v) is 5.63. The molecule has 0 spiro atoms. The summed E-state index contributed by atoms with van der Waals surface area (Å²) >= 11 is 3.35. The molecule has 1 N–H and O–H groups in total. The van der Waals surface area contributed by atoms with Gasteiger partial charge in [-0.15, -0.1) is 0 Å². The van der Waals surface area contributed by atoms with E-state index >= 15 is 0 Å². The van der Waals surface area contributed by atoms with Gasteiger partial charge in [-0.05, 0) is 25.2 Å².